The van der Waals surface area contributed by atoms with Crippen molar-refractivity contribution in [3.63, 3.8) is 0 Å². The minimum atomic E-state index is 0.551. The van der Waals surface area contributed by atoms with E-state index in [0.717, 1.165) is 36.4 Å². The molecule has 1 aliphatic heterocycles. The van der Waals surface area contributed by atoms with Gasteiger partial charge in [-0.2, -0.15) is 0 Å². The van der Waals surface area contributed by atoms with E-state index in [0.29, 0.717) is 6.04 Å². The molecule has 1 aromatic heterocycles. The molecule has 2 nitrogen and oxygen atoms in total. The first-order valence-corrected chi connectivity index (χ1v) is 7.56. The van der Waals surface area contributed by atoms with Crippen molar-refractivity contribution in [3.8, 4) is 0 Å². The van der Waals surface area contributed by atoms with Crippen molar-refractivity contribution >= 4 is 22.9 Å². The second-order valence-electron chi connectivity index (χ2n) is 5.07. The zero-order valence-corrected chi connectivity index (χ0v) is 12.2. The smallest absolute Gasteiger partial charge is 0.0931 e. The van der Waals surface area contributed by atoms with Crippen LogP contribution in [-0.2, 0) is 0 Å². The molecule has 0 aliphatic carbocycles. The van der Waals surface area contributed by atoms with Crippen LogP contribution in [0.4, 0.5) is 0 Å². The number of piperazine rings is 1. The molecule has 2 rings (SSSR count). The third-order valence-electron chi connectivity index (χ3n) is 3.21. The van der Waals surface area contributed by atoms with Gasteiger partial charge in [-0.1, -0.05) is 25.4 Å². The van der Waals surface area contributed by atoms with Crippen LogP contribution in [0.1, 0.15) is 31.2 Å². The fourth-order valence-electron chi connectivity index (χ4n) is 2.39. The molecular weight excluding hydrogens is 252 g/mol. The average Bonchev–Trinajstić information content (AvgIpc) is 2.73. The minimum absolute atomic E-state index is 0.551. The standard InChI is InChI=1S/C13H21ClN2S/c1-10(2)9-11(12-3-4-13(14)17-12)16-7-5-15-6-8-16/h3-4,10-11,15H,5-9H2,1-2H3. The van der Waals surface area contributed by atoms with Crippen molar-refractivity contribution in [3.05, 3.63) is 21.3 Å². The van der Waals surface area contributed by atoms with E-state index in [4.69, 9.17) is 11.6 Å². The molecule has 1 unspecified atom stereocenters. The van der Waals surface area contributed by atoms with E-state index < -0.39 is 0 Å². The average molecular weight is 273 g/mol. The number of halogens is 1. The Morgan fingerprint density at radius 2 is 2.06 bits per heavy atom. The third kappa shape index (κ3) is 3.68. The highest BCUT2D eigenvalue weighted by Gasteiger charge is 2.24. The summed E-state index contributed by atoms with van der Waals surface area (Å²) >= 11 is 7.80. The van der Waals surface area contributed by atoms with Gasteiger partial charge in [-0.3, -0.25) is 4.90 Å². The SMILES string of the molecule is CC(C)CC(c1ccc(Cl)s1)N1CCNCC1. The summed E-state index contributed by atoms with van der Waals surface area (Å²) in [6, 6.07) is 4.77. The van der Waals surface area contributed by atoms with Crippen molar-refractivity contribution < 1.29 is 0 Å². The molecule has 0 bridgehead atoms. The van der Waals surface area contributed by atoms with Gasteiger partial charge in [0.1, 0.15) is 0 Å². The topological polar surface area (TPSA) is 15.3 Å². The van der Waals surface area contributed by atoms with E-state index in [1.54, 1.807) is 11.3 Å². The van der Waals surface area contributed by atoms with Crippen LogP contribution in [0.5, 0.6) is 0 Å². The van der Waals surface area contributed by atoms with Crippen molar-refractivity contribution in [2.24, 2.45) is 5.92 Å². The lowest BCUT2D eigenvalue weighted by molar-refractivity contribution is 0.156. The van der Waals surface area contributed by atoms with Gasteiger partial charge >= 0.3 is 0 Å². The number of thiophene rings is 1. The Labute approximate surface area is 113 Å². The molecule has 0 radical (unpaired) electrons. The Balaban J connectivity index is 2.11. The van der Waals surface area contributed by atoms with Gasteiger partial charge in [0, 0.05) is 37.1 Å². The van der Waals surface area contributed by atoms with Gasteiger partial charge < -0.3 is 5.32 Å². The van der Waals surface area contributed by atoms with E-state index in [1.807, 2.05) is 6.07 Å². The van der Waals surface area contributed by atoms with Crippen LogP contribution in [0, 0.1) is 5.92 Å². The number of nitrogens with one attached hydrogen (secondary N) is 1. The van der Waals surface area contributed by atoms with Gasteiger partial charge in [0.25, 0.3) is 0 Å². The molecule has 4 heteroatoms. The molecule has 0 spiro atoms. The lowest BCUT2D eigenvalue weighted by Gasteiger charge is -2.35. The van der Waals surface area contributed by atoms with Gasteiger partial charge in [-0.15, -0.1) is 11.3 Å². The van der Waals surface area contributed by atoms with Crippen LogP contribution in [0.2, 0.25) is 4.34 Å². The Morgan fingerprint density at radius 1 is 1.35 bits per heavy atom. The van der Waals surface area contributed by atoms with Gasteiger partial charge in [0.2, 0.25) is 0 Å². The molecule has 1 aliphatic rings. The third-order valence-corrected chi connectivity index (χ3v) is 4.54. The second kappa shape index (κ2) is 6.19. The van der Waals surface area contributed by atoms with E-state index in [9.17, 15) is 0 Å². The summed E-state index contributed by atoms with van der Waals surface area (Å²) in [5, 5.41) is 3.42. The Kier molecular flexibility index (Phi) is 4.86. The maximum Gasteiger partial charge on any atom is 0.0931 e. The van der Waals surface area contributed by atoms with Crippen LogP contribution in [0.15, 0.2) is 12.1 Å². The van der Waals surface area contributed by atoms with E-state index in [1.165, 1.54) is 11.3 Å². The molecule has 17 heavy (non-hydrogen) atoms. The Bertz CT molecular complexity index is 345. The van der Waals surface area contributed by atoms with E-state index >= 15 is 0 Å². The number of hydrogen-bond acceptors (Lipinski definition) is 3. The maximum atomic E-state index is 6.07. The largest absolute Gasteiger partial charge is 0.314 e. The van der Waals surface area contributed by atoms with Gasteiger partial charge in [-0.05, 0) is 24.5 Å². The highest BCUT2D eigenvalue weighted by atomic mass is 35.5. The van der Waals surface area contributed by atoms with Crippen LogP contribution < -0.4 is 5.32 Å². The molecule has 1 N–H and O–H groups in total. The van der Waals surface area contributed by atoms with Crippen LogP contribution >= 0.6 is 22.9 Å². The summed E-state index contributed by atoms with van der Waals surface area (Å²) in [5.41, 5.74) is 0. The van der Waals surface area contributed by atoms with Gasteiger partial charge in [-0.25, -0.2) is 0 Å². The summed E-state index contributed by atoms with van der Waals surface area (Å²) in [6.07, 6.45) is 1.22. The summed E-state index contributed by atoms with van der Waals surface area (Å²) in [5.74, 6) is 0.718. The molecule has 1 atom stereocenters. The molecule has 0 saturated carbocycles. The van der Waals surface area contributed by atoms with Crippen molar-refractivity contribution in [1.82, 2.24) is 10.2 Å². The maximum absolute atomic E-state index is 6.07. The molecule has 0 aromatic carbocycles. The first-order chi connectivity index (χ1) is 8.16. The monoisotopic (exact) mass is 272 g/mol. The van der Waals surface area contributed by atoms with Crippen LogP contribution in [-0.4, -0.2) is 31.1 Å². The molecule has 2 heterocycles. The molecule has 1 fully saturated rings. The van der Waals surface area contributed by atoms with Crippen molar-refractivity contribution in [1.29, 1.82) is 0 Å². The zero-order valence-electron chi connectivity index (χ0n) is 10.6. The lowest BCUT2D eigenvalue weighted by Crippen LogP contribution is -2.45. The van der Waals surface area contributed by atoms with Crippen LogP contribution in [0.3, 0.4) is 0 Å². The molecule has 1 aromatic rings. The second-order valence-corrected chi connectivity index (χ2v) is 6.82. The first-order valence-electron chi connectivity index (χ1n) is 6.37. The summed E-state index contributed by atoms with van der Waals surface area (Å²) < 4.78 is 0.906. The lowest BCUT2D eigenvalue weighted by atomic mass is 10.0. The van der Waals surface area contributed by atoms with Gasteiger partial charge in [0.15, 0.2) is 0 Å². The number of nitrogens with zero attached hydrogens (tertiary/aromatic N) is 1. The molecule has 96 valence electrons. The fraction of sp³-hybridized carbons (Fsp3) is 0.692. The van der Waals surface area contributed by atoms with E-state index in [-0.39, 0.29) is 0 Å². The van der Waals surface area contributed by atoms with Crippen molar-refractivity contribution in [2.45, 2.75) is 26.3 Å². The predicted molar refractivity (Wildman–Crippen MR) is 76.0 cm³/mol. The Hall–Kier alpha value is -0.0900. The molecule has 1 saturated heterocycles. The highest BCUT2D eigenvalue weighted by molar-refractivity contribution is 7.16. The molecular formula is C13H21ClN2S. The fourth-order valence-corrected chi connectivity index (χ4v) is 3.60. The quantitative estimate of drug-likeness (QED) is 0.904. The molecule has 0 amide bonds. The van der Waals surface area contributed by atoms with Crippen molar-refractivity contribution in [2.75, 3.05) is 26.2 Å². The number of hydrogen-bond donors (Lipinski definition) is 1. The zero-order chi connectivity index (χ0) is 12.3. The normalized spacial score (nSPS) is 19.8. The predicted octanol–water partition coefficient (Wildman–Crippen LogP) is 3.39. The Morgan fingerprint density at radius 3 is 2.59 bits per heavy atom. The number of rotatable bonds is 4. The first kappa shape index (κ1) is 13.3. The summed E-state index contributed by atoms with van der Waals surface area (Å²) in [7, 11) is 0. The van der Waals surface area contributed by atoms with E-state index in [2.05, 4.69) is 30.1 Å². The minimum Gasteiger partial charge on any atom is -0.314 e. The summed E-state index contributed by atoms with van der Waals surface area (Å²) in [6.45, 7) is 9.09. The summed E-state index contributed by atoms with van der Waals surface area (Å²) in [4.78, 5) is 4.02. The highest BCUT2D eigenvalue weighted by Crippen LogP contribution is 2.34. The van der Waals surface area contributed by atoms with Gasteiger partial charge in [0.05, 0.1) is 4.34 Å². The van der Waals surface area contributed by atoms with Crippen LogP contribution in [0.25, 0.3) is 0 Å².